The van der Waals surface area contributed by atoms with Crippen molar-refractivity contribution >= 4 is 23.4 Å². The Labute approximate surface area is 127 Å². The van der Waals surface area contributed by atoms with Crippen molar-refractivity contribution in [1.29, 1.82) is 0 Å². The summed E-state index contributed by atoms with van der Waals surface area (Å²) in [5.41, 5.74) is 0.441. The number of carbonyl (C=O) groups is 2. The van der Waals surface area contributed by atoms with Gasteiger partial charge in [-0.3, -0.25) is 4.79 Å². The molecule has 0 spiro atoms. The minimum Gasteiger partial charge on any atom is -0.482 e. The Balaban J connectivity index is 1.76. The summed E-state index contributed by atoms with van der Waals surface area (Å²) in [6.07, 6.45) is 0. The van der Waals surface area contributed by atoms with Crippen molar-refractivity contribution in [1.82, 2.24) is 0 Å². The Kier molecular flexibility index (Phi) is 5.35. The third-order valence-corrected chi connectivity index (χ3v) is 2.88. The van der Waals surface area contributed by atoms with Gasteiger partial charge in [-0.2, -0.15) is 0 Å². The molecular weight excluding hydrogens is 292 g/mol. The number of ketones is 1. The fraction of sp³-hybridized carbons (Fsp3) is 0.125. The smallest absolute Gasteiger partial charge is 0.344 e. The third kappa shape index (κ3) is 4.93. The Hall–Kier alpha value is -2.33. The number of carbonyl (C=O) groups excluding carboxylic acids is 2. The van der Waals surface area contributed by atoms with E-state index in [4.69, 9.17) is 21.1 Å². The number of halogens is 1. The van der Waals surface area contributed by atoms with Gasteiger partial charge >= 0.3 is 5.97 Å². The van der Waals surface area contributed by atoms with Crippen molar-refractivity contribution in [2.75, 3.05) is 13.2 Å². The number of esters is 1. The van der Waals surface area contributed by atoms with Crippen molar-refractivity contribution in [3.05, 3.63) is 65.2 Å². The molecule has 0 aromatic heterocycles. The molecule has 21 heavy (non-hydrogen) atoms. The molecule has 0 aliphatic heterocycles. The molecule has 0 saturated carbocycles. The lowest BCUT2D eigenvalue weighted by Crippen LogP contribution is -2.19. The second-order valence-electron chi connectivity index (χ2n) is 4.19. The van der Waals surface area contributed by atoms with Crippen molar-refractivity contribution in [2.45, 2.75) is 0 Å². The summed E-state index contributed by atoms with van der Waals surface area (Å²) in [6.45, 7) is -0.559. The van der Waals surface area contributed by atoms with Crippen molar-refractivity contribution < 1.29 is 19.1 Å². The predicted octanol–water partition coefficient (Wildman–Crippen LogP) is 3.14. The van der Waals surface area contributed by atoms with E-state index in [9.17, 15) is 9.59 Å². The highest BCUT2D eigenvalue weighted by atomic mass is 35.5. The SMILES string of the molecule is O=C(COc1ccccc1)OCC(=O)c1ccc(Cl)cc1. The standard InChI is InChI=1S/C16H13ClO4/c17-13-8-6-12(7-9-13)15(18)10-21-16(19)11-20-14-4-2-1-3-5-14/h1-9H,10-11H2. The molecule has 0 amide bonds. The fourth-order valence-corrected chi connectivity index (χ4v) is 1.69. The van der Waals surface area contributed by atoms with E-state index in [1.165, 1.54) is 0 Å². The molecule has 2 rings (SSSR count). The number of rotatable bonds is 6. The van der Waals surface area contributed by atoms with Crippen LogP contribution in [0.5, 0.6) is 5.75 Å². The summed E-state index contributed by atoms with van der Waals surface area (Å²) >= 11 is 5.73. The third-order valence-electron chi connectivity index (χ3n) is 2.63. The fourth-order valence-electron chi connectivity index (χ4n) is 1.57. The lowest BCUT2D eigenvalue weighted by atomic mass is 10.1. The van der Waals surface area contributed by atoms with Gasteiger partial charge in [0.05, 0.1) is 0 Å². The van der Waals surface area contributed by atoms with E-state index in [-0.39, 0.29) is 19.0 Å². The molecule has 2 aromatic carbocycles. The summed E-state index contributed by atoms with van der Waals surface area (Å²) in [5, 5.41) is 0.541. The van der Waals surface area contributed by atoms with Gasteiger partial charge in [0.1, 0.15) is 5.75 Å². The number of benzene rings is 2. The predicted molar refractivity (Wildman–Crippen MR) is 78.7 cm³/mol. The lowest BCUT2D eigenvalue weighted by Gasteiger charge is -2.06. The molecule has 0 bridgehead atoms. The van der Waals surface area contributed by atoms with E-state index in [0.29, 0.717) is 16.3 Å². The Morgan fingerprint density at radius 2 is 1.57 bits per heavy atom. The average molecular weight is 305 g/mol. The first-order valence-electron chi connectivity index (χ1n) is 6.27. The van der Waals surface area contributed by atoms with Crippen LogP contribution in [0.25, 0.3) is 0 Å². The first kappa shape index (κ1) is 15.1. The van der Waals surface area contributed by atoms with Gasteiger partial charge in [0.15, 0.2) is 19.0 Å². The quantitative estimate of drug-likeness (QED) is 0.608. The van der Waals surface area contributed by atoms with Gasteiger partial charge in [-0.15, -0.1) is 0 Å². The molecule has 108 valence electrons. The van der Waals surface area contributed by atoms with E-state index < -0.39 is 5.97 Å². The Morgan fingerprint density at radius 3 is 2.24 bits per heavy atom. The summed E-state index contributed by atoms with van der Waals surface area (Å²) in [7, 11) is 0. The van der Waals surface area contributed by atoms with E-state index in [2.05, 4.69) is 0 Å². The lowest BCUT2D eigenvalue weighted by molar-refractivity contribution is -0.144. The Bertz CT molecular complexity index is 608. The molecule has 0 radical (unpaired) electrons. The largest absolute Gasteiger partial charge is 0.482 e. The maximum absolute atomic E-state index is 11.8. The van der Waals surface area contributed by atoms with Gasteiger partial charge in [0.2, 0.25) is 0 Å². The van der Waals surface area contributed by atoms with E-state index >= 15 is 0 Å². The van der Waals surface area contributed by atoms with Gasteiger partial charge in [0, 0.05) is 10.6 Å². The highest BCUT2D eigenvalue weighted by Crippen LogP contribution is 2.10. The number of Topliss-reactive ketones (excluding diaryl/α,β-unsaturated/α-hetero) is 1. The number of hydrogen-bond acceptors (Lipinski definition) is 4. The highest BCUT2D eigenvalue weighted by molar-refractivity contribution is 6.30. The number of hydrogen-bond donors (Lipinski definition) is 0. The van der Waals surface area contributed by atoms with Crippen LogP contribution in [0.3, 0.4) is 0 Å². The zero-order valence-corrected chi connectivity index (χ0v) is 11.9. The van der Waals surface area contributed by atoms with Crippen LogP contribution in [0.1, 0.15) is 10.4 Å². The molecule has 5 heteroatoms. The maximum atomic E-state index is 11.8. The average Bonchev–Trinajstić information content (AvgIpc) is 2.52. The van der Waals surface area contributed by atoms with Gasteiger partial charge in [0.25, 0.3) is 0 Å². The molecule has 0 heterocycles. The van der Waals surface area contributed by atoms with Crippen molar-refractivity contribution in [3.8, 4) is 5.75 Å². The summed E-state index contributed by atoms with van der Waals surface area (Å²) < 4.78 is 10.1. The van der Waals surface area contributed by atoms with Crippen molar-refractivity contribution in [3.63, 3.8) is 0 Å². The van der Waals surface area contributed by atoms with Crippen LogP contribution in [0.4, 0.5) is 0 Å². The number of para-hydroxylation sites is 1. The van der Waals surface area contributed by atoms with Crippen LogP contribution < -0.4 is 4.74 Å². The van der Waals surface area contributed by atoms with Crippen LogP contribution in [-0.4, -0.2) is 25.0 Å². The zero-order valence-electron chi connectivity index (χ0n) is 11.1. The van der Waals surface area contributed by atoms with Crippen LogP contribution in [0.15, 0.2) is 54.6 Å². The second kappa shape index (κ2) is 7.45. The normalized spacial score (nSPS) is 9.95. The molecule has 0 aliphatic rings. The van der Waals surface area contributed by atoms with Crippen LogP contribution in [-0.2, 0) is 9.53 Å². The minimum absolute atomic E-state index is 0.238. The minimum atomic E-state index is -0.596. The molecule has 4 nitrogen and oxygen atoms in total. The molecule has 0 fully saturated rings. The molecule has 0 saturated heterocycles. The van der Waals surface area contributed by atoms with Crippen LogP contribution >= 0.6 is 11.6 Å². The summed E-state index contributed by atoms with van der Waals surface area (Å²) in [6, 6.07) is 15.3. The first-order valence-corrected chi connectivity index (χ1v) is 6.65. The van der Waals surface area contributed by atoms with E-state index in [1.807, 2.05) is 6.07 Å². The van der Waals surface area contributed by atoms with Crippen LogP contribution in [0.2, 0.25) is 5.02 Å². The molecule has 0 N–H and O–H groups in total. The monoisotopic (exact) mass is 304 g/mol. The summed E-state index contributed by atoms with van der Waals surface area (Å²) in [5.74, 6) is -0.320. The summed E-state index contributed by atoms with van der Waals surface area (Å²) in [4.78, 5) is 23.3. The zero-order chi connectivity index (χ0) is 15.1. The topological polar surface area (TPSA) is 52.6 Å². The Morgan fingerprint density at radius 1 is 0.905 bits per heavy atom. The van der Waals surface area contributed by atoms with Gasteiger partial charge in [-0.25, -0.2) is 4.79 Å². The van der Waals surface area contributed by atoms with E-state index in [0.717, 1.165) is 0 Å². The van der Waals surface area contributed by atoms with Crippen molar-refractivity contribution in [2.24, 2.45) is 0 Å². The highest BCUT2D eigenvalue weighted by Gasteiger charge is 2.10. The van der Waals surface area contributed by atoms with Crippen LogP contribution in [0, 0.1) is 0 Å². The second-order valence-corrected chi connectivity index (χ2v) is 4.63. The van der Waals surface area contributed by atoms with Gasteiger partial charge in [-0.05, 0) is 36.4 Å². The van der Waals surface area contributed by atoms with Gasteiger partial charge in [-0.1, -0.05) is 29.8 Å². The maximum Gasteiger partial charge on any atom is 0.344 e. The van der Waals surface area contributed by atoms with Gasteiger partial charge < -0.3 is 9.47 Å². The number of ether oxygens (including phenoxy) is 2. The molecule has 0 unspecified atom stereocenters. The first-order chi connectivity index (χ1) is 10.1. The molecule has 2 aromatic rings. The van der Waals surface area contributed by atoms with E-state index in [1.54, 1.807) is 48.5 Å². The molecule has 0 atom stereocenters. The molecular formula is C16H13ClO4. The molecule has 0 aliphatic carbocycles.